The average molecular weight is 372 g/mol. The number of alkyl halides is 3. The van der Waals surface area contributed by atoms with Crippen molar-refractivity contribution in [1.82, 2.24) is 10.1 Å². The highest BCUT2D eigenvalue weighted by molar-refractivity contribution is 7.17. The Morgan fingerprint density at radius 3 is 2.64 bits per heavy atom. The minimum Gasteiger partial charge on any atom is -0.351 e. The van der Waals surface area contributed by atoms with Crippen LogP contribution < -0.4 is 0 Å². The molecule has 3 heterocycles. The summed E-state index contributed by atoms with van der Waals surface area (Å²) in [7, 11) is 0. The van der Waals surface area contributed by atoms with E-state index in [4.69, 9.17) is 0 Å². The first kappa shape index (κ1) is 18.0. The molecular formula is C17H19F3N2O2S. The van der Waals surface area contributed by atoms with Gasteiger partial charge in [0, 0.05) is 18.7 Å². The molecule has 136 valence electrons. The quantitative estimate of drug-likeness (QED) is 0.757. The zero-order chi connectivity index (χ0) is 18.4. The van der Waals surface area contributed by atoms with E-state index >= 15 is 0 Å². The monoisotopic (exact) mass is 372 g/mol. The Balaban J connectivity index is 1.81. The second kappa shape index (κ2) is 6.48. The van der Waals surface area contributed by atoms with Crippen molar-refractivity contribution in [3.05, 3.63) is 28.3 Å². The standard InChI is InChI=1S/C17H19F3N2O2S/c1-9-6-7-22(8-10(9)2)16(23)13-5-4-12(25-13)14-11(3)15(24-21-14)17(18,19)20/h4-5,9-10H,6-8H2,1-3H3. The second-order valence-corrected chi connectivity index (χ2v) is 7.73. The second-order valence-electron chi connectivity index (χ2n) is 6.64. The predicted molar refractivity (Wildman–Crippen MR) is 88.4 cm³/mol. The van der Waals surface area contributed by atoms with Gasteiger partial charge in [-0.15, -0.1) is 11.3 Å². The third kappa shape index (κ3) is 3.44. The molecule has 0 saturated carbocycles. The maximum atomic E-state index is 12.8. The molecule has 1 aliphatic rings. The van der Waals surface area contributed by atoms with Gasteiger partial charge in [-0.2, -0.15) is 13.2 Å². The number of nitrogens with zero attached hydrogens (tertiary/aromatic N) is 2. The average Bonchev–Trinajstić information content (AvgIpc) is 3.15. The third-order valence-electron chi connectivity index (χ3n) is 4.85. The summed E-state index contributed by atoms with van der Waals surface area (Å²) in [5.41, 5.74) is 0.0748. The molecule has 4 nitrogen and oxygen atoms in total. The van der Waals surface area contributed by atoms with Gasteiger partial charge in [-0.05, 0) is 37.3 Å². The molecule has 0 radical (unpaired) electrons. The molecule has 2 unspecified atom stereocenters. The van der Waals surface area contributed by atoms with Crippen molar-refractivity contribution in [3.8, 4) is 10.6 Å². The van der Waals surface area contributed by atoms with Crippen LogP contribution in [0.1, 0.15) is 41.3 Å². The predicted octanol–water partition coefficient (Wildman–Crippen LogP) is 4.85. The van der Waals surface area contributed by atoms with Crippen LogP contribution in [-0.2, 0) is 6.18 Å². The van der Waals surface area contributed by atoms with Crippen LogP contribution in [0.15, 0.2) is 16.7 Å². The summed E-state index contributed by atoms with van der Waals surface area (Å²) in [6, 6.07) is 3.27. The Morgan fingerprint density at radius 2 is 2.04 bits per heavy atom. The molecule has 1 aliphatic heterocycles. The van der Waals surface area contributed by atoms with Crippen LogP contribution in [0.2, 0.25) is 0 Å². The molecule has 1 fully saturated rings. The van der Waals surface area contributed by atoms with Gasteiger partial charge in [0.25, 0.3) is 5.91 Å². The van der Waals surface area contributed by atoms with Gasteiger partial charge >= 0.3 is 6.18 Å². The summed E-state index contributed by atoms with van der Waals surface area (Å²) >= 11 is 1.15. The Morgan fingerprint density at radius 1 is 1.32 bits per heavy atom. The Kier molecular flexibility index (Phi) is 4.66. The number of aromatic nitrogens is 1. The summed E-state index contributed by atoms with van der Waals surface area (Å²) in [6.07, 6.45) is -3.62. The van der Waals surface area contributed by atoms with Crippen LogP contribution in [0.25, 0.3) is 10.6 Å². The first-order chi connectivity index (χ1) is 11.7. The van der Waals surface area contributed by atoms with Crippen molar-refractivity contribution in [2.75, 3.05) is 13.1 Å². The van der Waals surface area contributed by atoms with E-state index in [0.29, 0.717) is 34.7 Å². The Bertz CT molecular complexity index is 781. The van der Waals surface area contributed by atoms with Gasteiger partial charge in [0.1, 0.15) is 5.69 Å². The highest BCUT2D eigenvalue weighted by atomic mass is 32.1. The normalized spacial score (nSPS) is 21.6. The van der Waals surface area contributed by atoms with E-state index in [9.17, 15) is 18.0 Å². The van der Waals surface area contributed by atoms with Crippen molar-refractivity contribution in [2.24, 2.45) is 11.8 Å². The van der Waals surface area contributed by atoms with Gasteiger partial charge in [-0.25, -0.2) is 0 Å². The minimum atomic E-state index is -4.58. The van der Waals surface area contributed by atoms with Crippen molar-refractivity contribution in [3.63, 3.8) is 0 Å². The fourth-order valence-corrected chi connectivity index (χ4v) is 4.03. The van der Waals surface area contributed by atoms with E-state index in [1.165, 1.54) is 6.92 Å². The molecule has 0 aromatic carbocycles. The number of amides is 1. The van der Waals surface area contributed by atoms with Crippen LogP contribution in [0.4, 0.5) is 13.2 Å². The largest absolute Gasteiger partial charge is 0.452 e. The maximum Gasteiger partial charge on any atom is 0.452 e. The van der Waals surface area contributed by atoms with Crippen LogP contribution in [0, 0.1) is 18.8 Å². The summed E-state index contributed by atoms with van der Waals surface area (Å²) in [6.45, 7) is 7.04. The minimum absolute atomic E-state index is 0.0613. The molecule has 2 atom stereocenters. The number of thiophene rings is 1. The molecule has 25 heavy (non-hydrogen) atoms. The highest BCUT2D eigenvalue weighted by Crippen LogP contribution is 2.38. The van der Waals surface area contributed by atoms with E-state index in [1.807, 2.05) is 4.90 Å². The zero-order valence-corrected chi connectivity index (χ0v) is 15.0. The van der Waals surface area contributed by atoms with Gasteiger partial charge in [0.2, 0.25) is 5.76 Å². The molecular weight excluding hydrogens is 353 g/mol. The molecule has 8 heteroatoms. The van der Waals surface area contributed by atoms with E-state index < -0.39 is 11.9 Å². The number of carbonyl (C=O) groups is 1. The van der Waals surface area contributed by atoms with Crippen LogP contribution >= 0.6 is 11.3 Å². The van der Waals surface area contributed by atoms with E-state index in [0.717, 1.165) is 17.8 Å². The summed E-state index contributed by atoms with van der Waals surface area (Å²) in [5, 5.41) is 3.55. The van der Waals surface area contributed by atoms with Crippen molar-refractivity contribution in [1.29, 1.82) is 0 Å². The van der Waals surface area contributed by atoms with Crippen LogP contribution in [0.3, 0.4) is 0 Å². The molecule has 2 aromatic heterocycles. The lowest BCUT2D eigenvalue weighted by Crippen LogP contribution is -2.41. The highest BCUT2D eigenvalue weighted by Gasteiger charge is 2.39. The number of piperidine rings is 1. The summed E-state index contributed by atoms with van der Waals surface area (Å²) < 4.78 is 43.0. The number of rotatable bonds is 2. The Labute approximate surface area is 147 Å². The molecule has 1 amide bonds. The van der Waals surface area contributed by atoms with Crippen LogP contribution in [0.5, 0.6) is 0 Å². The lowest BCUT2D eigenvalue weighted by atomic mass is 9.88. The molecule has 3 rings (SSSR count). The molecule has 0 N–H and O–H groups in total. The van der Waals surface area contributed by atoms with Gasteiger partial charge in [0.05, 0.1) is 9.75 Å². The molecule has 0 aliphatic carbocycles. The number of likely N-dealkylation sites (tertiary alicyclic amines) is 1. The zero-order valence-electron chi connectivity index (χ0n) is 14.2. The van der Waals surface area contributed by atoms with Crippen molar-refractivity contribution >= 4 is 17.2 Å². The molecule has 0 spiro atoms. The first-order valence-electron chi connectivity index (χ1n) is 8.11. The molecule has 2 aromatic rings. The molecule has 0 bridgehead atoms. The fraction of sp³-hybridized carbons (Fsp3) is 0.529. The first-order valence-corrected chi connectivity index (χ1v) is 8.93. The molecule has 1 saturated heterocycles. The lowest BCUT2D eigenvalue weighted by Gasteiger charge is -2.35. The van der Waals surface area contributed by atoms with E-state index in [2.05, 4.69) is 23.5 Å². The number of halogens is 3. The Hall–Kier alpha value is -1.83. The van der Waals surface area contributed by atoms with Crippen molar-refractivity contribution < 1.29 is 22.5 Å². The van der Waals surface area contributed by atoms with E-state index in [1.54, 1.807) is 12.1 Å². The van der Waals surface area contributed by atoms with Crippen LogP contribution in [-0.4, -0.2) is 29.1 Å². The summed E-state index contributed by atoms with van der Waals surface area (Å²) in [5.74, 6) is -0.152. The third-order valence-corrected chi connectivity index (χ3v) is 5.93. The van der Waals surface area contributed by atoms with Gasteiger partial charge in [0.15, 0.2) is 0 Å². The van der Waals surface area contributed by atoms with Gasteiger partial charge in [-0.1, -0.05) is 19.0 Å². The van der Waals surface area contributed by atoms with E-state index in [-0.39, 0.29) is 17.2 Å². The smallest absolute Gasteiger partial charge is 0.351 e. The summed E-state index contributed by atoms with van der Waals surface area (Å²) in [4.78, 5) is 15.5. The number of hydrogen-bond donors (Lipinski definition) is 0. The lowest BCUT2D eigenvalue weighted by molar-refractivity contribution is -0.156. The van der Waals surface area contributed by atoms with Gasteiger partial charge < -0.3 is 9.42 Å². The van der Waals surface area contributed by atoms with Crippen molar-refractivity contribution in [2.45, 2.75) is 33.4 Å². The fourth-order valence-electron chi connectivity index (χ4n) is 3.01. The maximum absolute atomic E-state index is 12.8. The number of hydrogen-bond acceptors (Lipinski definition) is 4. The number of carbonyl (C=O) groups excluding carboxylic acids is 1. The topological polar surface area (TPSA) is 46.3 Å². The van der Waals surface area contributed by atoms with Gasteiger partial charge in [-0.3, -0.25) is 4.79 Å². The SMILES string of the molecule is Cc1c(-c2ccc(C(=O)N3CCC(C)C(C)C3)s2)noc1C(F)(F)F.